The topological polar surface area (TPSA) is 115 Å². The SMILES string of the molecule is COc1ccccc1-c1ccc(=O)n(CC(=O)NCCOc2cc(N3CCN(C)CC3)ncn2)n1. The van der Waals surface area contributed by atoms with E-state index in [-0.39, 0.29) is 31.2 Å². The van der Waals surface area contributed by atoms with Crippen molar-refractivity contribution in [2.45, 2.75) is 6.54 Å². The van der Waals surface area contributed by atoms with Crippen molar-refractivity contribution in [2.24, 2.45) is 0 Å². The predicted molar refractivity (Wildman–Crippen MR) is 131 cm³/mol. The number of anilines is 1. The summed E-state index contributed by atoms with van der Waals surface area (Å²) in [5, 5.41) is 7.08. The fourth-order valence-electron chi connectivity index (χ4n) is 3.72. The highest BCUT2D eigenvalue weighted by atomic mass is 16.5. The second-order valence-electron chi connectivity index (χ2n) is 8.12. The number of ether oxygens (including phenoxy) is 2. The van der Waals surface area contributed by atoms with Gasteiger partial charge in [-0.1, -0.05) is 12.1 Å². The fraction of sp³-hybridized carbons (Fsp3) is 0.375. The lowest BCUT2D eigenvalue weighted by Crippen LogP contribution is -2.44. The van der Waals surface area contributed by atoms with E-state index < -0.39 is 0 Å². The third-order valence-corrected chi connectivity index (χ3v) is 5.67. The predicted octanol–water partition coefficient (Wildman–Crippen LogP) is 0.656. The molecule has 2 aromatic heterocycles. The molecule has 1 aliphatic heterocycles. The van der Waals surface area contributed by atoms with Crippen molar-refractivity contribution in [3.8, 4) is 22.9 Å². The zero-order valence-corrected chi connectivity index (χ0v) is 19.9. The monoisotopic (exact) mass is 479 g/mol. The van der Waals surface area contributed by atoms with Gasteiger partial charge in [0.25, 0.3) is 5.56 Å². The van der Waals surface area contributed by atoms with Crippen LogP contribution in [0.1, 0.15) is 0 Å². The molecule has 0 saturated carbocycles. The molecule has 11 heteroatoms. The highest BCUT2D eigenvalue weighted by Crippen LogP contribution is 2.27. The van der Waals surface area contributed by atoms with Gasteiger partial charge in [0.15, 0.2) is 0 Å². The number of hydrogen-bond acceptors (Lipinski definition) is 9. The second kappa shape index (κ2) is 11.4. The van der Waals surface area contributed by atoms with Crippen LogP contribution in [0.5, 0.6) is 11.6 Å². The van der Waals surface area contributed by atoms with Gasteiger partial charge < -0.3 is 24.6 Å². The maximum atomic E-state index is 12.4. The van der Waals surface area contributed by atoms with Crippen LogP contribution >= 0.6 is 0 Å². The molecule has 1 amide bonds. The lowest BCUT2D eigenvalue weighted by molar-refractivity contribution is -0.122. The summed E-state index contributed by atoms with van der Waals surface area (Å²) in [6, 6.07) is 12.2. The Morgan fingerprint density at radius 3 is 2.69 bits per heavy atom. The molecule has 0 aliphatic carbocycles. The van der Waals surface area contributed by atoms with Crippen LogP contribution in [0.25, 0.3) is 11.3 Å². The molecule has 3 heterocycles. The molecule has 0 radical (unpaired) electrons. The largest absolute Gasteiger partial charge is 0.496 e. The summed E-state index contributed by atoms with van der Waals surface area (Å²) < 4.78 is 12.2. The van der Waals surface area contributed by atoms with Crippen LogP contribution in [0.3, 0.4) is 0 Å². The van der Waals surface area contributed by atoms with Gasteiger partial charge in [-0.05, 0) is 25.2 Å². The number of nitrogens with one attached hydrogen (secondary N) is 1. The van der Waals surface area contributed by atoms with Crippen molar-refractivity contribution in [3.63, 3.8) is 0 Å². The van der Waals surface area contributed by atoms with Crippen molar-refractivity contribution in [1.82, 2.24) is 30.0 Å². The van der Waals surface area contributed by atoms with Crippen LogP contribution in [-0.2, 0) is 11.3 Å². The highest BCUT2D eigenvalue weighted by Gasteiger charge is 2.16. The number of aromatic nitrogens is 4. The normalized spacial score (nSPS) is 13.9. The molecule has 11 nitrogen and oxygen atoms in total. The highest BCUT2D eigenvalue weighted by molar-refractivity contribution is 5.75. The Morgan fingerprint density at radius 2 is 1.89 bits per heavy atom. The molecule has 1 aromatic carbocycles. The standard InChI is InChI=1S/C24H29N7O4/c1-29-10-12-30(13-11-29)21-15-23(27-17-26-21)35-14-9-25-22(32)16-31-24(33)8-7-19(28-31)18-5-3-4-6-20(18)34-2/h3-8,15,17H,9-14,16H2,1-2H3,(H,25,32). The van der Waals surface area contributed by atoms with E-state index in [1.54, 1.807) is 19.2 Å². The summed E-state index contributed by atoms with van der Waals surface area (Å²) in [7, 11) is 3.67. The zero-order chi connectivity index (χ0) is 24.6. The first-order valence-corrected chi connectivity index (χ1v) is 11.4. The van der Waals surface area contributed by atoms with E-state index in [4.69, 9.17) is 9.47 Å². The Labute approximate surface area is 203 Å². The van der Waals surface area contributed by atoms with Gasteiger partial charge in [0.05, 0.1) is 19.3 Å². The van der Waals surface area contributed by atoms with Gasteiger partial charge in [-0.2, -0.15) is 5.10 Å². The number of para-hydroxylation sites is 1. The smallest absolute Gasteiger partial charge is 0.267 e. The number of carbonyl (C=O) groups is 1. The van der Waals surface area contributed by atoms with Crippen molar-refractivity contribution in [2.75, 3.05) is 58.4 Å². The minimum Gasteiger partial charge on any atom is -0.496 e. The van der Waals surface area contributed by atoms with Crippen LogP contribution in [0, 0.1) is 0 Å². The number of nitrogens with zero attached hydrogens (tertiary/aromatic N) is 6. The maximum absolute atomic E-state index is 12.4. The van der Waals surface area contributed by atoms with Crippen LogP contribution in [0.4, 0.5) is 5.82 Å². The first kappa shape index (κ1) is 24.1. The van der Waals surface area contributed by atoms with E-state index in [0.29, 0.717) is 17.3 Å². The van der Waals surface area contributed by atoms with E-state index >= 15 is 0 Å². The van der Waals surface area contributed by atoms with E-state index in [9.17, 15) is 9.59 Å². The summed E-state index contributed by atoms with van der Waals surface area (Å²) in [5.41, 5.74) is 0.906. The number of benzene rings is 1. The van der Waals surface area contributed by atoms with Crippen molar-refractivity contribution in [3.05, 3.63) is 59.1 Å². The average molecular weight is 480 g/mol. The third-order valence-electron chi connectivity index (χ3n) is 5.67. The number of carbonyl (C=O) groups excluding carboxylic acids is 1. The van der Waals surface area contributed by atoms with E-state index in [1.807, 2.05) is 24.3 Å². The molecule has 4 rings (SSSR count). The summed E-state index contributed by atoms with van der Waals surface area (Å²) in [4.78, 5) is 37.6. The molecular formula is C24H29N7O4. The summed E-state index contributed by atoms with van der Waals surface area (Å²) in [5.74, 6) is 1.56. The van der Waals surface area contributed by atoms with Crippen molar-refractivity contribution < 1.29 is 14.3 Å². The fourth-order valence-corrected chi connectivity index (χ4v) is 3.72. The van der Waals surface area contributed by atoms with Crippen LogP contribution in [0.15, 0.2) is 53.6 Å². The van der Waals surface area contributed by atoms with Gasteiger partial charge in [0, 0.05) is 43.9 Å². The Morgan fingerprint density at radius 1 is 1.09 bits per heavy atom. The maximum Gasteiger partial charge on any atom is 0.267 e. The first-order valence-electron chi connectivity index (χ1n) is 11.4. The molecule has 0 atom stereocenters. The van der Waals surface area contributed by atoms with Gasteiger partial charge in [-0.25, -0.2) is 14.6 Å². The Kier molecular flexibility index (Phi) is 7.88. The summed E-state index contributed by atoms with van der Waals surface area (Å²) >= 11 is 0. The van der Waals surface area contributed by atoms with Crippen LogP contribution in [0.2, 0.25) is 0 Å². The molecule has 3 aromatic rings. The number of rotatable bonds is 9. The molecule has 0 spiro atoms. The third kappa shape index (κ3) is 6.33. The molecule has 0 bridgehead atoms. The average Bonchev–Trinajstić information content (AvgIpc) is 2.88. The number of hydrogen-bond donors (Lipinski definition) is 1. The molecule has 35 heavy (non-hydrogen) atoms. The number of piperazine rings is 1. The molecule has 0 unspecified atom stereocenters. The Hall–Kier alpha value is -3.99. The van der Waals surface area contributed by atoms with Crippen molar-refractivity contribution >= 4 is 11.7 Å². The lowest BCUT2D eigenvalue weighted by Gasteiger charge is -2.33. The summed E-state index contributed by atoms with van der Waals surface area (Å²) in [6.07, 6.45) is 1.48. The minimum absolute atomic E-state index is 0.205. The molecule has 1 aliphatic rings. The molecular weight excluding hydrogens is 450 g/mol. The van der Waals surface area contributed by atoms with E-state index in [2.05, 4.69) is 37.2 Å². The van der Waals surface area contributed by atoms with Crippen LogP contribution < -0.4 is 25.2 Å². The van der Waals surface area contributed by atoms with Gasteiger partial charge in [0.2, 0.25) is 11.8 Å². The quantitative estimate of drug-likeness (QED) is 0.442. The van der Waals surface area contributed by atoms with Crippen LogP contribution in [-0.4, -0.2) is 84.0 Å². The van der Waals surface area contributed by atoms with Gasteiger partial charge >= 0.3 is 0 Å². The number of likely N-dealkylation sites (N-methyl/N-ethyl adjacent to an activating group) is 1. The molecule has 1 fully saturated rings. The van der Waals surface area contributed by atoms with E-state index in [0.717, 1.165) is 42.2 Å². The van der Waals surface area contributed by atoms with Gasteiger partial charge in [-0.3, -0.25) is 9.59 Å². The van der Waals surface area contributed by atoms with Crippen molar-refractivity contribution in [1.29, 1.82) is 0 Å². The van der Waals surface area contributed by atoms with Gasteiger partial charge in [0.1, 0.15) is 31.0 Å². The summed E-state index contributed by atoms with van der Waals surface area (Å²) in [6.45, 7) is 4.03. The molecule has 1 N–H and O–H groups in total. The second-order valence-corrected chi connectivity index (χ2v) is 8.12. The Bertz CT molecular complexity index is 1210. The first-order chi connectivity index (χ1) is 17.0. The zero-order valence-electron chi connectivity index (χ0n) is 19.9. The molecule has 1 saturated heterocycles. The minimum atomic E-state index is -0.368. The Balaban J connectivity index is 1.29. The molecule has 184 valence electrons. The number of amides is 1. The van der Waals surface area contributed by atoms with E-state index in [1.165, 1.54) is 12.4 Å². The lowest BCUT2D eigenvalue weighted by atomic mass is 10.1. The van der Waals surface area contributed by atoms with Gasteiger partial charge in [-0.15, -0.1) is 0 Å². The number of methoxy groups -OCH3 is 1.